The second-order valence-electron chi connectivity index (χ2n) is 8.23. The third kappa shape index (κ3) is 4.95. The first-order chi connectivity index (χ1) is 16.6. The molecule has 1 N–H and O–H groups in total. The maximum Gasteiger partial charge on any atom is 0.197 e. The van der Waals surface area contributed by atoms with E-state index >= 15 is 0 Å². The smallest absolute Gasteiger partial charge is 0.197 e. The Labute approximate surface area is 207 Å². The molecule has 5 rings (SSSR count). The van der Waals surface area contributed by atoms with Crippen LogP contribution in [0.1, 0.15) is 41.9 Å². The number of para-hydroxylation sites is 2. The summed E-state index contributed by atoms with van der Waals surface area (Å²) in [5, 5.41) is 16.5. The molecule has 0 radical (unpaired) electrons. The molecule has 1 saturated heterocycles. The van der Waals surface area contributed by atoms with Gasteiger partial charge in [-0.25, -0.2) is 4.98 Å². The van der Waals surface area contributed by atoms with E-state index in [-0.39, 0.29) is 12.1 Å². The number of benzene rings is 3. The van der Waals surface area contributed by atoms with Gasteiger partial charge in [-0.2, -0.15) is 5.06 Å². The largest absolute Gasteiger partial charge is 0.441 e. The Morgan fingerprint density at radius 1 is 0.912 bits per heavy atom. The van der Waals surface area contributed by atoms with E-state index in [0.717, 1.165) is 22.2 Å². The molecule has 2 atom stereocenters. The van der Waals surface area contributed by atoms with Crippen molar-refractivity contribution in [2.45, 2.75) is 31.3 Å². The first kappa shape index (κ1) is 22.9. The zero-order valence-corrected chi connectivity index (χ0v) is 19.8. The second kappa shape index (κ2) is 10.2. The average molecular weight is 496 g/mol. The number of hydrogen-bond acceptors (Lipinski definition) is 6. The molecule has 8 heteroatoms. The maximum atomic E-state index is 9.65. The summed E-state index contributed by atoms with van der Waals surface area (Å²) in [5.74, 6) is 0.627. The summed E-state index contributed by atoms with van der Waals surface area (Å²) >= 11 is 12.3. The highest BCUT2D eigenvalue weighted by Crippen LogP contribution is 2.41. The van der Waals surface area contributed by atoms with Gasteiger partial charge in [0.15, 0.2) is 11.5 Å². The molecular weight excluding hydrogens is 473 g/mol. The van der Waals surface area contributed by atoms with Gasteiger partial charge in [-0.1, -0.05) is 64.8 Å². The van der Waals surface area contributed by atoms with Crippen molar-refractivity contribution < 1.29 is 14.5 Å². The number of aromatic nitrogens is 1. The third-order valence-corrected chi connectivity index (χ3v) is 6.52. The van der Waals surface area contributed by atoms with Crippen LogP contribution in [0.25, 0.3) is 11.1 Å². The highest BCUT2D eigenvalue weighted by atomic mass is 35.5. The van der Waals surface area contributed by atoms with Gasteiger partial charge in [-0.05, 0) is 47.5 Å². The Kier molecular flexibility index (Phi) is 6.83. The number of nitrogens with zero attached hydrogens (tertiary/aromatic N) is 3. The summed E-state index contributed by atoms with van der Waals surface area (Å²) in [6, 6.07) is 22.7. The molecule has 0 bridgehead atoms. The van der Waals surface area contributed by atoms with Crippen LogP contribution < -0.4 is 0 Å². The normalized spacial score (nSPS) is 18.9. The van der Waals surface area contributed by atoms with Crippen molar-refractivity contribution in [2.75, 3.05) is 6.61 Å². The monoisotopic (exact) mass is 495 g/mol. The molecule has 174 valence electrons. The van der Waals surface area contributed by atoms with Crippen molar-refractivity contribution in [3.05, 3.63) is 99.9 Å². The van der Waals surface area contributed by atoms with Crippen molar-refractivity contribution in [1.29, 1.82) is 0 Å². The van der Waals surface area contributed by atoms with Gasteiger partial charge in [0.1, 0.15) is 5.52 Å². The number of fused-ring (bicyclic) bond motifs is 1. The minimum atomic E-state index is -0.166. The Bertz CT molecular complexity index is 1200. The van der Waals surface area contributed by atoms with Crippen LogP contribution in [0.3, 0.4) is 0 Å². The summed E-state index contributed by atoms with van der Waals surface area (Å²) in [4.78, 5) is 10.9. The fraction of sp³-hybridized carbons (Fsp3) is 0.231. The molecule has 2 heterocycles. The lowest BCUT2D eigenvalue weighted by Crippen LogP contribution is -2.40. The van der Waals surface area contributed by atoms with Crippen molar-refractivity contribution in [3.8, 4) is 0 Å². The van der Waals surface area contributed by atoms with Crippen LogP contribution in [0.5, 0.6) is 0 Å². The van der Waals surface area contributed by atoms with Gasteiger partial charge in [-0.3, -0.25) is 4.84 Å². The van der Waals surface area contributed by atoms with Crippen LogP contribution in [0.2, 0.25) is 10.0 Å². The Balaban J connectivity index is 1.43. The molecule has 1 aromatic heterocycles. The van der Waals surface area contributed by atoms with Crippen LogP contribution >= 0.6 is 23.2 Å². The van der Waals surface area contributed by atoms with Crippen molar-refractivity contribution in [1.82, 2.24) is 10.0 Å². The number of oxazole rings is 1. The lowest BCUT2D eigenvalue weighted by molar-refractivity contribution is -0.220. The summed E-state index contributed by atoms with van der Waals surface area (Å²) < 4.78 is 5.85. The first-order valence-corrected chi connectivity index (χ1v) is 11.8. The van der Waals surface area contributed by atoms with E-state index in [9.17, 15) is 5.21 Å². The van der Waals surface area contributed by atoms with Gasteiger partial charge in [0.25, 0.3) is 0 Å². The van der Waals surface area contributed by atoms with Gasteiger partial charge >= 0.3 is 0 Å². The zero-order chi connectivity index (χ0) is 23.5. The van der Waals surface area contributed by atoms with Gasteiger partial charge in [0, 0.05) is 29.3 Å². The molecule has 0 aliphatic carbocycles. The Morgan fingerprint density at radius 2 is 1.50 bits per heavy atom. The summed E-state index contributed by atoms with van der Waals surface area (Å²) in [5.41, 5.74) is 4.34. The number of halogens is 2. The highest BCUT2D eigenvalue weighted by Gasteiger charge is 2.37. The summed E-state index contributed by atoms with van der Waals surface area (Å²) in [6.45, 7) is 0.382. The molecule has 0 amide bonds. The van der Waals surface area contributed by atoms with E-state index in [4.69, 9.17) is 32.5 Å². The van der Waals surface area contributed by atoms with Gasteiger partial charge in [-0.15, -0.1) is 0 Å². The fourth-order valence-electron chi connectivity index (χ4n) is 4.35. The topological polar surface area (TPSA) is 71.1 Å². The molecule has 4 aromatic rings. The van der Waals surface area contributed by atoms with Crippen molar-refractivity contribution in [2.24, 2.45) is 5.16 Å². The maximum absolute atomic E-state index is 9.65. The minimum absolute atomic E-state index is 0.166. The van der Waals surface area contributed by atoms with E-state index in [0.29, 0.717) is 47.5 Å². The van der Waals surface area contributed by atoms with Crippen LogP contribution in [-0.2, 0) is 11.3 Å². The number of hydroxylamine groups is 2. The van der Waals surface area contributed by atoms with E-state index in [1.165, 1.54) is 0 Å². The van der Waals surface area contributed by atoms with Crippen LogP contribution in [0.4, 0.5) is 0 Å². The van der Waals surface area contributed by atoms with E-state index in [2.05, 4.69) is 10.1 Å². The molecule has 1 fully saturated rings. The number of piperidine rings is 1. The molecule has 0 saturated carbocycles. The molecule has 2 unspecified atom stereocenters. The Morgan fingerprint density at radius 3 is 2.06 bits per heavy atom. The molecule has 1 aliphatic rings. The predicted molar refractivity (Wildman–Crippen MR) is 132 cm³/mol. The van der Waals surface area contributed by atoms with Crippen LogP contribution in [0, 0.1) is 0 Å². The van der Waals surface area contributed by atoms with Crippen molar-refractivity contribution >= 4 is 40.0 Å². The number of hydrogen-bond donors (Lipinski definition) is 1. The standard InChI is InChI=1S/C26H23Cl2N3O3/c27-19-9-5-17(6-10-19)23-15-21(30-32)16-24(18-7-11-20(28)12-8-18)31(23)33-14-13-26-29-22-3-1-2-4-25(22)34-26/h1-12,23-24,32H,13-16H2. The van der Waals surface area contributed by atoms with E-state index in [1.807, 2.05) is 77.9 Å². The zero-order valence-electron chi connectivity index (χ0n) is 18.3. The molecule has 6 nitrogen and oxygen atoms in total. The molecule has 3 aromatic carbocycles. The van der Waals surface area contributed by atoms with E-state index < -0.39 is 0 Å². The lowest BCUT2D eigenvalue weighted by Gasteiger charge is -2.41. The molecule has 1 aliphatic heterocycles. The summed E-state index contributed by atoms with van der Waals surface area (Å²) in [6.07, 6.45) is 1.59. The van der Waals surface area contributed by atoms with E-state index in [1.54, 1.807) is 0 Å². The van der Waals surface area contributed by atoms with Gasteiger partial charge in [0.05, 0.1) is 24.4 Å². The van der Waals surface area contributed by atoms with Gasteiger partial charge in [0.2, 0.25) is 0 Å². The highest BCUT2D eigenvalue weighted by molar-refractivity contribution is 6.30. The SMILES string of the molecule is ON=C1CC(c2ccc(Cl)cc2)N(OCCc2nc3ccccc3o2)C(c2ccc(Cl)cc2)C1. The molecule has 0 spiro atoms. The minimum Gasteiger partial charge on any atom is -0.441 e. The molecule has 34 heavy (non-hydrogen) atoms. The number of oxime groups is 1. The van der Waals surface area contributed by atoms with Gasteiger partial charge < -0.3 is 9.62 Å². The average Bonchev–Trinajstić information content (AvgIpc) is 3.28. The second-order valence-corrected chi connectivity index (χ2v) is 9.10. The summed E-state index contributed by atoms with van der Waals surface area (Å²) in [7, 11) is 0. The third-order valence-electron chi connectivity index (χ3n) is 6.02. The molecular formula is C26H23Cl2N3O3. The number of rotatable bonds is 6. The van der Waals surface area contributed by atoms with Crippen molar-refractivity contribution in [3.63, 3.8) is 0 Å². The predicted octanol–water partition coefficient (Wildman–Crippen LogP) is 7.02. The van der Waals surface area contributed by atoms with Crippen LogP contribution in [0.15, 0.2) is 82.4 Å². The fourth-order valence-corrected chi connectivity index (χ4v) is 4.61. The Hall–Kier alpha value is -2.90. The quantitative estimate of drug-likeness (QED) is 0.230. The lowest BCUT2D eigenvalue weighted by atomic mass is 9.88. The first-order valence-electron chi connectivity index (χ1n) is 11.1. The van der Waals surface area contributed by atoms with Crippen LogP contribution in [-0.4, -0.2) is 27.6 Å².